The molecule has 0 spiro atoms. The Morgan fingerprint density at radius 2 is 1.36 bits per heavy atom. The number of ether oxygens (including phenoxy) is 1. The lowest BCUT2D eigenvalue weighted by Crippen LogP contribution is -2.51. The van der Waals surface area contributed by atoms with Gasteiger partial charge in [-0.25, -0.2) is 0 Å². The van der Waals surface area contributed by atoms with Crippen molar-refractivity contribution in [1.82, 2.24) is 0 Å². The monoisotopic (exact) mass is 461 g/mol. The molecule has 0 radical (unpaired) electrons. The van der Waals surface area contributed by atoms with Crippen molar-refractivity contribution >= 4 is 23.3 Å². The van der Waals surface area contributed by atoms with Crippen LogP contribution in [0.4, 0.5) is 5.69 Å². The van der Waals surface area contributed by atoms with Crippen LogP contribution in [-0.4, -0.2) is 54.9 Å². The summed E-state index contributed by atoms with van der Waals surface area (Å²) in [6.45, 7) is 11.6. The summed E-state index contributed by atoms with van der Waals surface area (Å²) >= 11 is 0. The molecule has 33 heavy (non-hydrogen) atoms. The Hall–Kier alpha value is -2.21. The average molecular weight is 462 g/mol. The topological polar surface area (TPSA) is 72.5 Å². The highest BCUT2D eigenvalue weighted by atomic mass is 16.5. The first-order valence-corrected chi connectivity index (χ1v) is 12.8. The Morgan fingerprint density at radius 3 is 1.88 bits per heavy atom. The third-order valence-corrected chi connectivity index (χ3v) is 6.42. The molecule has 0 fully saturated rings. The molecule has 1 rings (SSSR count). The molecule has 6 heteroatoms. The summed E-state index contributed by atoms with van der Waals surface area (Å²) in [5.74, 6) is -0.0296. The van der Waals surface area contributed by atoms with E-state index in [0.29, 0.717) is 30.8 Å². The lowest BCUT2D eigenvalue weighted by Gasteiger charge is -2.36. The van der Waals surface area contributed by atoms with Gasteiger partial charge in [-0.15, -0.1) is 0 Å². The molecule has 0 heterocycles. The van der Waals surface area contributed by atoms with Crippen molar-refractivity contribution in [1.29, 1.82) is 0 Å². The van der Waals surface area contributed by atoms with Crippen molar-refractivity contribution in [2.75, 3.05) is 38.1 Å². The summed E-state index contributed by atoms with van der Waals surface area (Å²) in [5.41, 5.74) is 1.42. The minimum Gasteiger partial charge on any atom is -0.466 e. The highest BCUT2D eigenvalue weighted by Gasteiger charge is 2.27. The summed E-state index contributed by atoms with van der Waals surface area (Å²) in [6.07, 6.45) is 9.76. The van der Waals surface area contributed by atoms with E-state index in [1.807, 2.05) is 6.92 Å². The number of ketones is 1. The molecule has 1 N–H and O–H groups in total. The standard InChI is InChI=1S/C27H44N2O4/c1-5-29(6-2,22-26(31)24-17-19-25(20-18-24)28-23(4)30)21-15-13-11-9-8-10-12-14-16-27(32)33-7-3/h17-20H,5-16,21-22H2,1-4H3/p+1. The highest BCUT2D eigenvalue weighted by molar-refractivity contribution is 5.97. The van der Waals surface area contributed by atoms with Crippen LogP contribution < -0.4 is 5.32 Å². The molecule has 0 saturated heterocycles. The summed E-state index contributed by atoms with van der Waals surface area (Å²) in [6, 6.07) is 7.19. The Bertz CT molecular complexity index is 711. The van der Waals surface area contributed by atoms with E-state index >= 15 is 0 Å². The van der Waals surface area contributed by atoms with Crippen LogP contribution >= 0.6 is 0 Å². The van der Waals surface area contributed by atoms with Crippen molar-refractivity contribution in [2.24, 2.45) is 0 Å². The largest absolute Gasteiger partial charge is 0.466 e. The number of likely N-dealkylation sites (N-methyl/N-ethyl adjacent to an activating group) is 1. The molecule has 0 atom stereocenters. The van der Waals surface area contributed by atoms with E-state index in [1.54, 1.807) is 24.3 Å². The molecule has 0 aliphatic rings. The summed E-state index contributed by atoms with van der Waals surface area (Å²) in [4.78, 5) is 35.4. The molecule has 0 aliphatic carbocycles. The number of hydrogen-bond acceptors (Lipinski definition) is 4. The van der Waals surface area contributed by atoms with Gasteiger partial charge in [-0.1, -0.05) is 32.1 Å². The number of quaternary nitrogens is 1. The number of esters is 1. The van der Waals surface area contributed by atoms with Gasteiger partial charge in [0.05, 0.1) is 26.2 Å². The second-order valence-corrected chi connectivity index (χ2v) is 8.92. The van der Waals surface area contributed by atoms with E-state index in [4.69, 9.17) is 4.74 Å². The van der Waals surface area contributed by atoms with E-state index < -0.39 is 0 Å². The fourth-order valence-electron chi connectivity index (χ4n) is 4.19. The van der Waals surface area contributed by atoms with Gasteiger partial charge in [0.25, 0.3) is 0 Å². The predicted molar refractivity (Wildman–Crippen MR) is 134 cm³/mol. The lowest BCUT2D eigenvalue weighted by atomic mass is 10.1. The maximum Gasteiger partial charge on any atom is 0.305 e. The molecular weight excluding hydrogens is 416 g/mol. The van der Waals surface area contributed by atoms with E-state index in [-0.39, 0.29) is 17.7 Å². The van der Waals surface area contributed by atoms with Gasteiger partial charge >= 0.3 is 5.97 Å². The van der Waals surface area contributed by atoms with Crippen molar-refractivity contribution < 1.29 is 23.6 Å². The van der Waals surface area contributed by atoms with Crippen molar-refractivity contribution in [3.63, 3.8) is 0 Å². The van der Waals surface area contributed by atoms with E-state index in [2.05, 4.69) is 19.2 Å². The molecule has 0 unspecified atom stereocenters. The molecule has 186 valence electrons. The minimum atomic E-state index is -0.115. The van der Waals surface area contributed by atoms with Crippen molar-refractivity contribution in [3.05, 3.63) is 29.8 Å². The number of rotatable bonds is 18. The van der Waals surface area contributed by atoms with Crippen LogP contribution in [-0.2, 0) is 14.3 Å². The number of carbonyl (C=O) groups is 3. The molecule has 0 bridgehead atoms. The lowest BCUT2D eigenvalue weighted by molar-refractivity contribution is -0.917. The van der Waals surface area contributed by atoms with Crippen LogP contribution in [0.2, 0.25) is 0 Å². The van der Waals surface area contributed by atoms with Gasteiger partial charge in [0, 0.05) is 24.6 Å². The molecule has 0 aromatic heterocycles. The first-order chi connectivity index (χ1) is 15.9. The smallest absolute Gasteiger partial charge is 0.305 e. The fourth-order valence-corrected chi connectivity index (χ4v) is 4.19. The maximum absolute atomic E-state index is 12.9. The molecule has 0 aliphatic heterocycles. The molecule has 1 aromatic rings. The normalized spacial score (nSPS) is 11.3. The maximum atomic E-state index is 12.9. The van der Waals surface area contributed by atoms with Gasteiger partial charge in [0.2, 0.25) is 11.7 Å². The minimum absolute atomic E-state index is 0.0774. The highest BCUT2D eigenvalue weighted by Crippen LogP contribution is 2.16. The van der Waals surface area contributed by atoms with Crippen LogP contribution in [0, 0.1) is 0 Å². The average Bonchev–Trinajstić information content (AvgIpc) is 2.79. The predicted octanol–water partition coefficient (Wildman–Crippen LogP) is 5.76. The summed E-state index contributed by atoms with van der Waals surface area (Å²) < 4.78 is 5.77. The van der Waals surface area contributed by atoms with Gasteiger partial charge in [-0.3, -0.25) is 14.4 Å². The van der Waals surface area contributed by atoms with Gasteiger partial charge in [0.15, 0.2) is 0 Å². The number of carbonyl (C=O) groups excluding carboxylic acids is 3. The molecule has 6 nitrogen and oxygen atoms in total. The molecule has 1 amide bonds. The number of nitrogens with one attached hydrogen (secondary N) is 1. The fraction of sp³-hybridized carbons (Fsp3) is 0.667. The zero-order valence-corrected chi connectivity index (χ0v) is 21.3. The Labute approximate surface area is 200 Å². The number of anilines is 1. The van der Waals surface area contributed by atoms with Crippen LogP contribution in [0.25, 0.3) is 0 Å². The van der Waals surface area contributed by atoms with Crippen molar-refractivity contribution in [3.8, 4) is 0 Å². The van der Waals surface area contributed by atoms with E-state index in [1.165, 1.54) is 39.0 Å². The zero-order valence-electron chi connectivity index (χ0n) is 21.3. The quantitative estimate of drug-likeness (QED) is 0.131. The Kier molecular flexibility index (Phi) is 14.3. The van der Waals surface area contributed by atoms with Gasteiger partial charge in [0.1, 0.15) is 6.54 Å². The third kappa shape index (κ3) is 12.0. The number of amides is 1. The first-order valence-electron chi connectivity index (χ1n) is 12.8. The molecular formula is C27H45N2O4+. The van der Waals surface area contributed by atoms with Gasteiger partial charge in [-0.2, -0.15) is 0 Å². The zero-order chi connectivity index (χ0) is 24.5. The van der Waals surface area contributed by atoms with Crippen LogP contribution in [0.5, 0.6) is 0 Å². The second-order valence-electron chi connectivity index (χ2n) is 8.92. The van der Waals surface area contributed by atoms with Crippen LogP contribution in [0.1, 0.15) is 95.8 Å². The van der Waals surface area contributed by atoms with Crippen LogP contribution in [0.3, 0.4) is 0 Å². The van der Waals surface area contributed by atoms with E-state index in [9.17, 15) is 14.4 Å². The van der Waals surface area contributed by atoms with E-state index in [0.717, 1.165) is 43.4 Å². The number of unbranched alkanes of at least 4 members (excludes halogenated alkanes) is 7. The van der Waals surface area contributed by atoms with Crippen molar-refractivity contribution in [2.45, 2.75) is 85.5 Å². The molecule has 1 aromatic carbocycles. The molecule has 0 saturated carbocycles. The second kappa shape index (κ2) is 16.4. The summed E-state index contributed by atoms with van der Waals surface area (Å²) in [7, 11) is 0. The third-order valence-electron chi connectivity index (χ3n) is 6.42. The Morgan fingerprint density at radius 1 is 0.818 bits per heavy atom. The van der Waals surface area contributed by atoms with Gasteiger partial charge in [-0.05, 0) is 64.3 Å². The van der Waals surface area contributed by atoms with Crippen LogP contribution in [0.15, 0.2) is 24.3 Å². The number of hydrogen-bond donors (Lipinski definition) is 1. The number of benzene rings is 1. The SMILES string of the molecule is CCOC(=O)CCCCCCCCCC[N+](CC)(CC)CC(=O)c1ccc(NC(C)=O)cc1. The summed E-state index contributed by atoms with van der Waals surface area (Å²) in [5, 5.41) is 2.74. The van der Waals surface area contributed by atoms with Gasteiger partial charge < -0.3 is 14.5 Å². The Balaban J connectivity index is 2.31. The number of nitrogens with zero attached hydrogens (tertiary/aromatic N) is 1. The number of Topliss-reactive ketones (excluding diaryl/α,β-unsaturated/α-hetero) is 1. The first kappa shape index (κ1) is 28.8.